The molecule has 4 atom stereocenters. The van der Waals surface area contributed by atoms with Crippen LogP contribution in [0.3, 0.4) is 0 Å². The van der Waals surface area contributed by atoms with E-state index in [0.29, 0.717) is 53.2 Å². The Kier molecular flexibility index (Phi) is 11.9. The van der Waals surface area contributed by atoms with Gasteiger partial charge in [-0.1, -0.05) is 42.5 Å². The van der Waals surface area contributed by atoms with Crippen molar-refractivity contribution >= 4 is 29.0 Å². The highest BCUT2D eigenvalue weighted by Crippen LogP contribution is 2.48. The predicted molar refractivity (Wildman–Crippen MR) is 200 cm³/mol. The summed E-state index contributed by atoms with van der Waals surface area (Å²) >= 11 is 0. The van der Waals surface area contributed by atoms with Crippen LogP contribution < -0.4 is 29.6 Å². The van der Waals surface area contributed by atoms with Crippen LogP contribution >= 0.6 is 0 Å². The van der Waals surface area contributed by atoms with E-state index in [1.807, 2.05) is 20.8 Å². The lowest BCUT2D eigenvalue weighted by Crippen LogP contribution is -2.56. The van der Waals surface area contributed by atoms with Crippen molar-refractivity contribution in [3.63, 3.8) is 0 Å². The fraction of sp³-hybridized carbons (Fsp3) is 0.357. The minimum atomic E-state index is -1.82. The lowest BCUT2D eigenvalue weighted by Gasteiger charge is -2.44. The first-order valence-corrected chi connectivity index (χ1v) is 17.6. The molecule has 0 aliphatic heterocycles. The maximum absolute atomic E-state index is 14.4. The van der Waals surface area contributed by atoms with Crippen LogP contribution in [-0.4, -0.2) is 48.6 Å². The minimum Gasteiger partial charge on any atom is -0.493 e. The van der Waals surface area contributed by atoms with Crippen LogP contribution in [0.4, 0.5) is 11.4 Å². The molecule has 0 aromatic heterocycles. The quantitative estimate of drug-likeness (QED) is 0.123. The lowest BCUT2D eigenvalue weighted by atomic mass is 9.61. The molecule has 4 aromatic carbocycles. The summed E-state index contributed by atoms with van der Waals surface area (Å²) in [5.41, 5.74) is 3.87. The zero-order valence-corrected chi connectivity index (χ0v) is 30.9. The van der Waals surface area contributed by atoms with Crippen LogP contribution in [0.5, 0.6) is 23.0 Å². The molecule has 10 heteroatoms. The predicted octanol–water partition coefficient (Wildman–Crippen LogP) is 7.31. The van der Waals surface area contributed by atoms with Gasteiger partial charge in [0.2, 0.25) is 11.8 Å². The van der Waals surface area contributed by atoms with Gasteiger partial charge in [-0.15, -0.1) is 0 Å². The third-order valence-corrected chi connectivity index (χ3v) is 9.63. The summed E-state index contributed by atoms with van der Waals surface area (Å²) in [6, 6.07) is 23.2. The zero-order chi connectivity index (χ0) is 37.6. The molecule has 1 saturated carbocycles. The van der Waals surface area contributed by atoms with Crippen molar-refractivity contribution in [2.75, 3.05) is 31.0 Å². The van der Waals surface area contributed by atoms with E-state index in [4.69, 9.17) is 18.9 Å². The number of anilines is 2. The Balaban J connectivity index is 1.57. The van der Waals surface area contributed by atoms with Crippen LogP contribution in [0.2, 0.25) is 0 Å². The number of para-hydroxylation sites is 4. The Morgan fingerprint density at radius 2 is 1.33 bits per heavy atom. The number of aliphatic hydroxyl groups is 1. The molecule has 10 nitrogen and oxygen atoms in total. The second-order valence-electron chi connectivity index (χ2n) is 13.4. The number of carbonyl (C=O) groups excluding carboxylic acids is 3. The van der Waals surface area contributed by atoms with Gasteiger partial charge in [0.25, 0.3) is 0 Å². The lowest BCUT2D eigenvalue weighted by molar-refractivity contribution is -0.150. The zero-order valence-electron chi connectivity index (χ0n) is 30.9. The number of amides is 2. The Hall–Kier alpha value is -5.35. The van der Waals surface area contributed by atoms with Gasteiger partial charge in [0.05, 0.1) is 43.2 Å². The molecule has 52 heavy (non-hydrogen) atoms. The second kappa shape index (κ2) is 16.3. The smallest absolute Gasteiger partial charge is 0.235 e. The van der Waals surface area contributed by atoms with E-state index in [1.165, 1.54) is 19.6 Å². The summed E-state index contributed by atoms with van der Waals surface area (Å²) in [5.74, 6) is -3.77. The molecular weight excluding hydrogens is 660 g/mol. The highest BCUT2D eigenvalue weighted by molar-refractivity contribution is 6.11. The summed E-state index contributed by atoms with van der Waals surface area (Å²) in [6.07, 6.45) is -0.423. The van der Waals surface area contributed by atoms with Gasteiger partial charge < -0.3 is 34.7 Å². The molecule has 4 aromatic rings. The molecule has 274 valence electrons. The van der Waals surface area contributed by atoms with Crippen LogP contribution in [-0.2, 0) is 21.0 Å². The molecule has 1 aliphatic rings. The molecule has 0 heterocycles. The van der Waals surface area contributed by atoms with Crippen molar-refractivity contribution in [1.29, 1.82) is 0 Å². The third-order valence-electron chi connectivity index (χ3n) is 9.63. The van der Waals surface area contributed by atoms with E-state index < -0.39 is 47.4 Å². The first kappa shape index (κ1) is 37.9. The Labute approximate surface area is 305 Å². The van der Waals surface area contributed by atoms with Crippen molar-refractivity contribution in [3.05, 3.63) is 107 Å². The molecule has 5 rings (SSSR count). The Morgan fingerprint density at radius 1 is 0.750 bits per heavy atom. The molecule has 1 aliphatic carbocycles. The van der Waals surface area contributed by atoms with Gasteiger partial charge in [0.1, 0.15) is 29.8 Å². The van der Waals surface area contributed by atoms with E-state index >= 15 is 0 Å². The maximum Gasteiger partial charge on any atom is 0.235 e. The number of methoxy groups -OCH3 is 1. The van der Waals surface area contributed by atoms with Gasteiger partial charge in [-0.05, 0) is 106 Å². The van der Waals surface area contributed by atoms with Crippen LogP contribution in [0, 0.1) is 32.6 Å². The third kappa shape index (κ3) is 8.23. The van der Waals surface area contributed by atoms with E-state index in [9.17, 15) is 19.5 Å². The van der Waals surface area contributed by atoms with E-state index in [-0.39, 0.29) is 6.61 Å². The second-order valence-corrected chi connectivity index (χ2v) is 13.4. The highest BCUT2D eigenvalue weighted by Gasteiger charge is 2.56. The fourth-order valence-corrected chi connectivity index (χ4v) is 6.96. The van der Waals surface area contributed by atoms with Crippen LogP contribution in [0.1, 0.15) is 60.9 Å². The molecule has 0 spiro atoms. The summed E-state index contributed by atoms with van der Waals surface area (Å²) in [5, 5.41) is 17.7. The van der Waals surface area contributed by atoms with Gasteiger partial charge >= 0.3 is 0 Å². The van der Waals surface area contributed by atoms with Crippen molar-refractivity contribution in [2.45, 2.75) is 66.1 Å². The van der Waals surface area contributed by atoms with E-state index in [0.717, 1.165) is 16.7 Å². The number of hydrogen-bond acceptors (Lipinski definition) is 8. The first-order chi connectivity index (χ1) is 24.9. The standard InChI is InChI=1S/C42H48N2O8/c1-8-50-33-16-12-10-14-30(33)43-40(46)38-32(45)23-42(6,48)39(41(47)44-31-15-11-13-17-34(31)51-9-2)37(38)28-18-19-35(36(22-28)49-7)52-24-29-21-26(4)25(3)20-27(29)5/h10-22,37-39,48H,8-9,23-24H2,1-7H3,(H,43,46)(H,44,47). The number of ether oxygens (including phenoxy) is 4. The average molecular weight is 709 g/mol. The number of nitrogens with one attached hydrogen (secondary N) is 2. The molecule has 4 unspecified atom stereocenters. The normalized spacial score (nSPS) is 19.8. The van der Waals surface area contributed by atoms with Crippen molar-refractivity contribution in [2.24, 2.45) is 11.8 Å². The fourth-order valence-electron chi connectivity index (χ4n) is 6.96. The van der Waals surface area contributed by atoms with E-state index in [1.54, 1.807) is 66.7 Å². The van der Waals surface area contributed by atoms with Gasteiger partial charge in [0, 0.05) is 12.3 Å². The van der Waals surface area contributed by atoms with Gasteiger partial charge in [-0.3, -0.25) is 14.4 Å². The number of hydrogen-bond donors (Lipinski definition) is 3. The largest absolute Gasteiger partial charge is 0.493 e. The number of carbonyl (C=O) groups is 3. The van der Waals surface area contributed by atoms with Gasteiger partial charge in [-0.2, -0.15) is 0 Å². The van der Waals surface area contributed by atoms with Gasteiger partial charge in [0.15, 0.2) is 11.5 Å². The van der Waals surface area contributed by atoms with E-state index in [2.05, 4.69) is 36.6 Å². The Morgan fingerprint density at radius 3 is 1.92 bits per heavy atom. The minimum absolute atomic E-state index is 0.286. The Bertz CT molecular complexity index is 1940. The van der Waals surface area contributed by atoms with Crippen molar-refractivity contribution in [3.8, 4) is 23.0 Å². The first-order valence-electron chi connectivity index (χ1n) is 17.6. The van der Waals surface area contributed by atoms with Crippen molar-refractivity contribution in [1.82, 2.24) is 0 Å². The topological polar surface area (TPSA) is 132 Å². The molecule has 0 radical (unpaired) electrons. The summed E-state index contributed by atoms with van der Waals surface area (Å²) in [6.45, 7) is 12.3. The van der Waals surface area contributed by atoms with Gasteiger partial charge in [-0.25, -0.2) is 0 Å². The molecule has 3 N–H and O–H groups in total. The molecular formula is C42H48N2O8. The number of Topliss-reactive ketones (excluding diaryl/α,β-unsaturated/α-hetero) is 1. The van der Waals surface area contributed by atoms with Crippen LogP contribution in [0.25, 0.3) is 0 Å². The number of aryl methyl sites for hydroxylation is 3. The summed E-state index contributed by atoms with van der Waals surface area (Å²) in [7, 11) is 1.50. The molecule has 1 fully saturated rings. The van der Waals surface area contributed by atoms with Crippen LogP contribution in [0.15, 0.2) is 78.9 Å². The van der Waals surface area contributed by atoms with Crippen molar-refractivity contribution < 1.29 is 38.4 Å². The summed E-state index contributed by atoms with van der Waals surface area (Å²) < 4.78 is 23.5. The highest BCUT2D eigenvalue weighted by atomic mass is 16.5. The SMILES string of the molecule is CCOc1ccccc1NC(=O)C1C(=O)CC(C)(O)C(C(=O)Nc2ccccc2OCC)C1c1ccc(OCc2cc(C)c(C)cc2C)c(OC)c1. The number of rotatable bonds is 13. The maximum atomic E-state index is 14.4. The monoisotopic (exact) mass is 708 g/mol. The number of ketones is 1. The molecule has 0 saturated heterocycles. The molecule has 2 amide bonds. The molecule has 0 bridgehead atoms. The average Bonchev–Trinajstić information content (AvgIpc) is 3.10. The summed E-state index contributed by atoms with van der Waals surface area (Å²) in [4.78, 5) is 42.7. The number of benzene rings is 4.